The molecule has 0 bridgehead atoms. The lowest BCUT2D eigenvalue weighted by Crippen LogP contribution is -2.00. The van der Waals surface area contributed by atoms with Crippen LogP contribution in [0.25, 0.3) is 0 Å². The van der Waals surface area contributed by atoms with Gasteiger partial charge in [0.2, 0.25) is 0 Å². The molecule has 0 unspecified atom stereocenters. The molecule has 0 aliphatic heterocycles. The molecule has 1 N–H and O–H groups in total. The van der Waals surface area contributed by atoms with Gasteiger partial charge in [0.1, 0.15) is 24.0 Å². The molecule has 0 heterocycles. The van der Waals surface area contributed by atoms with Crippen LogP contribution in [0.3, 0.4) is 0 Å². The number of hydrogen-bond acceptors (Lipinski definition) is 3. The van der Waals surface area contributed by atoms with Gasteiger partial charge in [0.15, 0.2) is 0 Å². The van der Waals surface area contributed by atoms with Gasteiger partial charge in [-0.15, -0.1) is 0 Å². The van der Waals surface area contributed by atoms with Crippen molar-refractivity contribution >= 4 is 5.71 Å². The van der Waals surface area contributed by atoms with Gasteiger partial charge in [-0.05, 0) is 36.6 Å². The van der Waals surface area contributed by atoms with E-state index in [0.29, 0.717) is 23.4 Å². The van der Waals surface area contributed by atoms with Crippen molar-refractivity contribution in [1.82, 2.24) is 0 Å². The molecule has 2 aromatic carbocycles. The van der Waals surface area contributed by atoms with E-state index < -0.39 is 11.6 Å². The Morgan fingerprint density at radius 2 is 1.86 bits per heavy atom. The largest absolute Gasteiger partial charge is 0.489 e. The molecule has 5 heteroatoms. The van der Waals surface area contributed by atoms with Crippen LogP contribution in [0.4, 0.5) is 8.78 Å². The van der Waals surface area contributed by atoms with Gasteiger partial charge in [-0.2, -0.15) is 0 Å². The van der Waals surface area contributed by atoms with Gasteiger partial charge in [-0.25, -0.2) is 8.78 Å². The molecule has 1 aliphatic carbocycles. The number of nitrogens with zero attached hydrogens (tertiary/aromatic N) is 1. The summed E-state index contributed by atoms with van der Waals surface area (Å²) < 4.78 is 31.9. The smallest absolute Gasteiger partial charge is 0.126 e. The van der Waals surface area contributed by atoms with Crippen LogP contribution in [0.2, 0.25) is 0 Å². The molecule has 0 spiro atoms. The van der Waals surface area contributed by atoms with E-state index in [9.17, 15) is 8.78 Å². The number of oxime groups is 1. The molecular weight excluding hydrogens is 276 g/mol. The van der Waals surface area contributed by atoms with Crippen molar-refractivity contribution in [1.29, 1.82) is 0 Å². The molecule has 0 saturated carbocycles. The van der Waals surface area contributed by atoms with Crippen molar-refractivity contribution in [2.45, 2.75) is 19.4 Å². The van der Waals surface area contributed by atoms with Crippen molar-refractivity contribution in [2.24, 2.45) is 5.16 Å². The summed E-state index contributed by atoms with van der Waals surface area (Å²) in [7, 11) is 0. The Labute approximate surface area is 120 Å². The van der Waals surface area contributed by atoms with Crippen LogP contribution in [0, 0.1) is 11.6 Å². The Morgan fingerprint density at radius 1 is 1.10 bits per heavy atom. The summed E-state index contributed by atoms with van der Waals surface area (Å²) in [6.45, 7) is 0.0801. The molecule has 0 saturated heterocycles. The van der Waals surface area contributed by atoms with Crippen LogP contribution in [0.1, 0.15) is 23.1 Å². The highest BCUT2D eigenvalue weighted by Gasteiger charge is 2.21. The van der Waals surface area contributed by atoms with Gasteiger partial charge < -0.3 is 9.94 Å². The molecule has 1 aliphatic rings. The number of hydrogen-bond donors (Lipinski definition) is 1. The second-order valence-corrected chi connectivity index (χ2v) is 4.90. The van der Waals surface area contributed by atoms with E-state index in [1.807, 2.05) is 6.07 Å². The molecular formula is C16H13F2NO2. The van der Waals surface area contributed by atoms with E-state index in [1.165, 1.54) is 12.1 Å². The van der Waals surface area contributed by atoms with E-state index in [0.717, 1.165) is 23.6 Å². The highest BCUT2D eigenvalue weighted by molar-refractivity contribution is 6.04. The fraction of sp³-hybridized carbons (Fsp3) is 0.188. The molecule has 0 amide bonds. The van der Waals surface area contributed by atoms with Crippen LogP contribution in [-0.2, 0) is 13.0 Å². The molecule has 2 aromatic rings. The third-order valence-corrected chi connectivity index (χ3v) is 3.49. The van der Waals surface area contributed by atoms with Gasteiger partial charge in [0.25, 0.3) is 0 Å². The van der Waals surface area contributed by atoms with E-state index in [1.54, 1.807) is 12.1 Å². The molecule has 0 atom stereocenters. The molecule has 0 radical (unpaired) electrons. The predicted molar refractivity (Wildman–Crippen MR) is 73.8 cm³/mol. The third-order valence-electron chi connectivity index (χ3n) is 3.49. The van der Waals surface area contributed by atoms with Gasteiger partial charge in [0.05, 0.1) is 5.71 Å². The highest BCUT2D eigenvalue weighted by atomic mass is 19.1. The number of fused-ring (bicyclic) bond motifs is 1. The summed E-state index contributed by atoms with van der Waals surface area (Å²) in [5, 5.41) is 12.2. The molecule has 0 aromatic heterocycles. The zero-order chi connectivity index (χ0) is 14.8. The average molecular weight is 289 g/mol. The average Bonchev–Trinajstić information content (AvgIpc) is 2.87. The molecule has 21 heavy (non-hydrogen) atoms. The SMILES string of the molecule is O/N=C1/CCc2c(OCc3cc(F)cc(F)c3)cccc21. The van der Waals surface area contributed by atoms with Crippen molar-refractivity contribution in [3.63, 3.8) is 0 Å². The maximum Gasteiger partial charge on any atom is 0.126 e. The Morgan fingerprint density at radius 3 is 2.57 bits per heavy atom. The lowest BCUT2D eigenvalue weighted by molar-refractivity contribution is 0.302. The summed E-state index contributed by atoms with van der Waals surface area (Å²) in [5.74, 6) is -0.598. The van der Waals surface area contributed by atoms with Gasteiger partial charge in [0, 0.05) is 17.2 Å². The van der Waals surface area contributed by atoms with Crippen molar-refractivity contribution in [3.05, 3.63) is 64.7 Å². The molecule has 3 nitrogen and oxygen atoms in total. The topological polar surface area (TPSA) is 41.8 Å². The van der Waals surface area contributed by atoms with E-state index >= 15 is 0 Å². The van der Waals surface area contributed by atoms with Gasteiger partial charge >= 0.3 is 0 Å². The predicted octanol–water partition coefficient (Wildman–Crippen LogP) is 3.67. The molecule has 0 fully saturated rings. The van der Waals surface area contributed by atoms with Crippen LogP contribution in [0.15, 0.2) is 41.6 Å². The Hall–Kier alpha value is -2.43. The fourth-order valence-corrected chi connectivity index (χ4v) is 2.57. The number of rotatable bonds is 3. The minimum Gasteiger partial charge on any atom is -0.489 e. The van der Waals surface area contributed by atoms with E-state index in [4.69, 9.17) is 9.94 Å². The first kappa shape index (κ1) is 13.5. The zero-order valence-corrected chi connectivity index (χ0v) is 11.1. The van der Waals surface area contributed by atoms with Gasteiger partial charge in [-0.1, -0.05) is 17.3 Å². The van der Waals surface area contributed by atoms with Crippen LogP contribution in [0.5, 0.6) is 5.75 Å². The quantitative estimate of drug-likeness (QED) is 0.692. The Balaban J connectivity index is 1.82. The minimum atomic E-state index is -0.624. The van der Waals surface area contributed by atoms with Crippen LogP contribution >= 0.6 is 0 Å². The van der Waals surface area contributed by atoms with Crippen molar-refractivity contribution in [3.8, 4) is 5.75 Å². The lowest BCUT2D eigenvalue weighted by Gasteiger charge is -2.10. The summed E-state index contributed by atoms with van der Waals surface area (Å²) in [6, 6.07) is 8.78. The first-order valence-electron chi connectivity index (χ1n) is 6.58. The number of halogens is 2. The first-order chi connectivity index (χ1) is 10.2. The Kier molecular flexibility index (Phi) is 3.56. The summed E-state index contributed by atoms with van der Waals surface area (Å²) in [4.78, 5) is 0. The lowest BCUT2D eigenvalue weighted by atomic mass is 10.1. The summed E-state index contributed by atoms with van der Waals surface area (Å²) in [5.41, 5.74) is 2.88. The van der Waals surface area contributed by atoms with Crippen LogP contribution < -0.4 is 4.74 Å². The zero-order valence-electron chi connectivity index (χ0n) is 11.1. The molecule has 108 valence electrons. The summed E-state index contributed by atoms with van der Waals surface area (Å²) in [6.07, 6.45) is 1.38. The monoisotopic (exact) mass is 289 g/mol. The maximum absolute atomic E-state index is 13.1. The first-order valence-corrected chi connectivity index (χ1v) is 6.58. The fourth-order valence-electron chi connectivity index (χ4n) is 2.57. The minimum absolute atomic E-state index is 0.0801. The standard InChI is InChI=1S/C16H13F2NO2/c17-11-6-10(7-12(18)8-11)9-21-16-3-1-2-13-14(16)4-5-15(13)19-20/h1-3,6-8,20H,4-5,9H2/b19-15-. The third kappa shape index (κ3) is 2.72. The number of benzene rings is 2. The van der Waals surface area contributed by atoms with E-state index in [2.05, 4.69) is 5.16 Å². The van der Waals surface area contributed by atoms with Gasteiger partial charge in [-0.3, -0.25) is 0 Å². The second kappa shape index (κ2) is 5.52. The number of ether oxygens (including phenoxy) is 1. The van der Waals surface area contributed by atoms with Crippen LogP contribution in [-0.4, -0.2) is 10.9 Å². The summed E-state index contributed by atoms with van der Waals surface area (Å²) >= 11 is 0. The molecule has 3 rings (SSSR count). The van der Waals surface area contributed by atoms with Crippen molar-refractivity contribution in [2.75, 3.05) is 0 Å². The second-order valence-electron chi connectivity index (χ2n) is 4.90. The Bertz CT molecular complexity index is 693. The van der Waals surface area contributed by atoms with Crippen molar-refractivity contribution < 1.29 is 18.7 Å². The highest BCUT2D eigenvalue weighted by Crippen LogP contribution is 2.31. The normalized spacial score (nSPS) is 15.2. The maximum atomic E-state index is 13.1. The van der Waals surface area contributed by atoms with E-state index in [-0.39, 0.29) is 6.61 Å².